The molecule has 2 aliphatic heterocycles. The SMILES string of the molecule is Cc1sc2nc(CNC3CC4CCC3O4)[nH]c(=O)c2c1C. The van der Waals surface area contributed by atoms with Crippen molar-refractivity contribution in [3.8, 4) is 0 Å². The summed E-state index contributed by atoms with van der Waals surface area (Å²) in [6.45, 7) is 4.61. The molecule has 3 unspecified atom stereocenters. The zero-order valence-electron chi connectivity index (χ0n) is 12.2. The summed E-state index contributed by atoms with van der Waals surface area (Å²) in [5, 5.41) is 4.23. The van der Waals surface area contributed by atoms with Gasteiger partial charge in [-0.1, -0.05) is 0 Å². The molecule has 2 saturated heterocycles. The summed E-state index contributed by atoms with van der Waals surface area (Å²) in [6, 6.07) is 0.400. The van der Waals surface area contributed by atoms with Gasteiger partial charge in [-0.05, 0) is 38.7 Å². The third-order valence-electron chi connectivity index (χ3n) is 4.73. The Labute approximate surface area is 126 Å². The summed E-state index contributed by atoms with van der Waals surface area (Å²) >= 11 is 1.59. The summed E-state index contributed by atoms with van der Waals surface area (Å²) in [6.07, 6.45) is 4.20. The number of H-pyrrole nitrogens is 1. The normalized spacial score (nSPS) is 27.8. The molecule has 2 aromatic rings. The number of aryl methyl sites for hydroxylation is 2. The first-order chi connectivity index (χ1) is 10.1. The van der Waals surface area contributed by atoms with Gasteiger partial charge in [0, 0.05) is 10.9 Å². The highest BCUT2D eigenvalue weighted by Gasteiger charge is 2.40. The molecule has 0 aromatic carbocycles. The molecule has 4 rings (SSSR count). The third kappa shape index (κ3) is 2.22. The van der Waals surface area contributed by atoms with E-state index in [0.717, 1.165) is 39.3 Å². The lowest BCUT2D eigenvalue weighted by Gasteiger charge is -2.19. The molecule has 2 aliphatic rings. The van der Waals surface area contributed by atoms with Crippen molar-refractivity contribution in [3.05, 3.63) is 26.6 Å². The van der Waals surface area contributed by atoms with Crippen molar-refractivity contribution in [2.75, 3.05) is 0 Å². The van der Waals surface area contributed by atoms with Crippen LogP contribution < -0.4 is 10.9 Å². The molecule has 0 saturated carbocycles. The van der Waals surface area contributed by atoms with E-state index < -0.39 is 0 Å². The van der Waals surface area contributed by atoms with Gasteiger partial charge < -0.3 is 15.0 Å². The van der Waals surface area contributed by atoms with E-state index in [2.05, 4.69) is 15.3 Å². The molecular weight excluding hydrogens is 286 g/mol. The third-order valence-corrected chi connectivity index (χ3v) is 5.83. The van der Waals surface area contributed by atoms with Gasteiger partial charge in [-0.15, -0.1) is 11.3 Å². The fourth-order valence-electron chi connectivity index (χ4n) is 3.46. The Morgan fingerprint density at radius 1 is 1.43 bits per heavy atom. The highest BCUT2D eigenvalue weighted by molar-refractivity contribution is 7.18. The topological polar surface area (TPSA) is 67.0 Å². The molecule has 2 N–H and O–H groups in total. The molecule has 5 nitrogen and oxygen atoms in total. The minimum absolute atomic E-state index is 0.0251. The Morgan fingerprint density at radius 2 is 2.29 bits per heavy atom. The molecule has 0 radical (unpaired) electrons. The van der Waals surface area contributed by atoms with Gasteiger partial charge in [0.2, 0.25) is 0 Å². The van der Waals surface area contributed by atoms with E-state index in [4.69, 9.17) is 4.74 Å². The number of thiophene rings is 1. The molecule has 0 amide bonds. The molecule has 2 aromatic heterocycles. The van der Waals surface area contributed by atoms with Crippen LogP contribution in [-0.2, 0) is 11.3 Å². The second-order valence-electron chi connectivity index (χ2n) is 6.07. The molecule has 0 aliphatic carbocycles. The first-order valence-corrected chi connectivity index (χ1v) is 8.31. The quantitative estimate of drug-likeness (QED) is 0.910. The van der Waals surface area contributed by atoms with Crippen LogP contribution in [0.3, 0.4) is 0 Å². The maximum absolute atomic E-state index is 12.2. The number of aromatic amines is 1. The predicted molar refractivity (Wildman–Crippen MR) is 82.9 cm³/mol. The summed E-state index contributed by atoms with van der Waals surface area (Å²) in [4.78, 5) is 21.7. The summed E-state index contributed by atoms with van der Waals surface area (Å²) in [5.41, 5.74) is 1.02. The summed E-state index contributed by atoms with van der Waals surface area (Å²) < 4.78 is 5.83. The van der Waals surface area contributed by atoms with Gasteiger partial charge in [-0.3, -0.25) is 4.79 Å². The number of ether oxygens (including phenoxy) is 1. The zero-order valence-corrected chi connectivity index (χ0v) is 13.0. The van der Waals surface area contributed by atoms with Crippen molar-refractivity contribution in [1.29, 1.82) is 0 Å². The molecular formula is C15H19N3O2S. The van der Waals surface area contributed by atoms with E-state index in [1.807, 2.05) is 13.8 Å². The molecule has 2 fully saturated rings. The van der Waals surface area contributed by atoms with E-state index in [0.29, 0.717) is 24.8 Å². The van der Waals surface area contributed by atoms with Crippen molar-refractivity contribution < 1.29 is 4.74 Å². The summed E-state index contributed by atoms with van der Waals surface area (Å²) in [7, 11) is 0. The molecule has 4 heterocycles. The maximum atomic E-state index is 12.2. The Bertz CT molecular complexity index is 751. The minimum Gasteiger partial charge on any atom is -0.373 e. The van der Waals surface area contributed by atoms with Gasteiger partial charge in [-0.2, -0.15) is 0 Å². The van der Waals surface area contributed by atoms with Gasteiger partial charge in [-0.25, -0.2) is 4.98 Å². The van der Waals surface area contributed by atoms with Gasteiger partial charge >= 0.3 is 0 Å². The average molecular weight is 305 g/mol. The van der Waals surface area contributed by atoms with Crippen molar-refractivity contribution in [2.24, 2.45) is 0 Å². The van der Waals surface area contributed by atoms with Crippen LogP contribution >= 0.6 is 11.3 Å². The van der Waals surface area contributed by atoms with Crippen LogP contribution in [0, 0.1) is 13.8 Å². The van der Waals surface area contributed by atoms with Crippen molar-refractivity contribution in [2.45, 2.75) is 57.9 Å². The van der Waals surface area contributed by atoms with Gasteiger partial charge in [0.15, 0.2) is 0 Å². The number of aromatic nitrogens is 2. The second-order valence-corrected chi connectivity index (χ2v) is 7.28. The second kappa shape index (κ2) is 4.90. The van der Waals surface area contributed by atoms with E-state index in [1.165, 1.54) is 6.42 Å². The number of hydrogen-bond acceptors (Lipinski definition) is 5. The van der Waals surface area contributed by atoms with Gasteiger partial charge in [0.1, 0.15) is 10.7 Å². The van der Waals surface area contributed by atoms with E-state index in [9.17, 15) is 4.79 Å². The first kappa shape index (κ1) is 13.4. The number of fused-ring (bicyclic) bond motifs is 3. The van der Waals surface area contributed by atoms with Crippen LogP contribution in [0.4, 0.5) is 0 Å². The van der Waals surface area contributed by atoms with Crippen LogP contribution in [0.2, 0.25) is 0 Å². The number of nitrogens with one attached hydrogen (secondary N) is 2. The van der Waals surface area contributed by atoms with Crippen LogP contribution in [-0.4, -0.2) is 28.2 Å². The van der Waals surface area contributed by atoms with E-state index in [1.54, 1.807) is 11.3 Å². The van der Waals surface area contributed by atoms with Crippen molar-refractivity contribution in [3.63, 3.8) is 0 Å². The number of rotatable bonds is 3. The Balaban J connectivity index is 1.55. The van der Waals surface area contributed by atoms with Crippen LogP contribution in [0.5, 0.6) is 0 Å². The van der Waals surface area contributed by atoms with Crippen LogP contribution in [0.15, 0.2) is 4.79 Å². The highest BCUT2D eigenvalue weighted by Crippen LogP contribution is 2.34. The summed E-state index contributed by atoms with van der Waals surface area (Å²) in [5.74, 6) is 0.719. The lowest BCUT2D eigenvalue weighted by atomic mass is 9.95. The molecule has 6 heteroatoms. The van der Waals surface area contributed by atoms with Crippen molar-refractivity contribution in [1.82, 2.24) is 15.3 Å². The molecule has 0 spiro atoms. The largest absolute Gasteiger partial charge is 0.373 e. The number of hydrogen-bond donors (Lipinski definition) is 2. The van der Waals surface area contributed by atoms with E-state index >= 15 is 0 Å². The highest BCUT2D eigenvalue weighted by atomic mass is 32.1. The molecule has 21 heavy (non-hydrogen) atoms. The smallest absolute Gasteiger partial charge is 0.259 e. The van der Waals surface area contributed by atoms with E-state index in [-0.39, 0.29) is 5.56 Å². The van der Waals surface area contributed by atoms with Crippen LogP contribution in [0.25, 0.3) is 10.2 Å². The minimum atomic E-state index is -0.0251. The molecule has 3 atom stereocenters. The van der Waals surface area contributed by atoms with Crippen LogP contribution in [0.1, 0.15) is 35.5 Å². The zero-order chi connectivity index (χ0) is 14.6. The average Bonchev–Trinajstić information content (AvgIpc) is 3.12. The Kier molecular flexibility index (Phi) is 3.13. The standard InChI is InChI=1S/C15H19N3O2S/c1-7-8(2)21-15-13(7)14(19)17-12(18-15)6-16-10-5-9-3-4-11(10)20-9/h9-11,16H,3-6H2,1-2H3,(H,17,18,19). The first-order valence-electron chi connectivity index (χ1n) is 7.49. The maximum Gasteiger partial charge on any atom is 0.259 e. The lowest BCUT2D eigenvalue weighted by molar-refractivity contribution is 0.0972. The van der Waals surface area contributed by atoms with Gasteiger partial charge in [0.25, 0.3) is 5.56 Å². The molecule has 2 bridgehead atoms. The molecule has 112 valence electrons. The Morgan fingerprint density at radius 3 is 3.00 bits per heavy atom. The predicted octanol–water partition coefficient (Wildman–Crippen LogP) is 2.01. The fraction of sp³-hybridized carbons (Fsp3) is 0.600. The monoisotopic (exact) mass is 305 g/mol. The lowest BCUT2D eigenvalue weighted by Crippen LogP contribution is -2.37. The fourth-order valence-corrected chi connectivity index (χ4v) is 4.51. The Hall–Kier alpha value is -1.24. The van der Waals surface area contributed by atoms with Gasteiger partial charge in [0.05, 0.1) is 24.1 Å². The van der Waals surface area contributed by atoms with Crippen molar-refractivity contribution >= 4 is 21.6 Å². The number of nitrogens with zero attached hydrogens (tertiary/aromatic N) is 1.